The lowest BCUT2D eigenvalue weighted by molar-refractivity contribution is 1.05. The first-order chi connectivity index (χ1) is 17.4. The van der Waals surface area contributed by atoms with Crippen LogP contribution in [0.1, 0.15) is 50.5 Å². The van der Waals surface area contributed by atoms with Crippen molar-refractivity contribution in [3.63, 3.8) is 0 Å². The normalized spacial score (nSPS) is 15.4. The number of aliphatic imine (C=N–C) groups is 1. The topological polar surface area (TPSA) is 24.4 Å². The molecule has 0 heterocycles. The van der Waals surface area contributed by atoms with Crippen molar-refractivity contribution in [3.05, 3.63) is 130 Å². The molecular weight excluding hydrogens is 436 g/mol. The molecule has 180 valence electrons. The quantitative estimate of drug-likeness (QED) is 0.268. The molecule has 0 fully saturated rings. The second-order valence-electron chi connectivity index (χ2n) is 9.99. The van der Waals surface area contributed by atoms with E-state index in [9.17, 15) is 0 Å². The molecule has 1 aliphatic rings. The second kappa shape index (κ2) is 9.62. The first kappa shape index (κ1) is 23.8. The zero-order valence-electron chi connectivity index (χ0n) is 21.8. The van der Waals surface area contributed by atoms with E-state index < -0.39 is 0 Å². The molecule has 0 saturated heterocycles. The van der Waals surface area contributed by atoms with Crippen molar-refractivity contribution in [2.75, 3.05) is 5.32 Å². The molecule has 0 spiro atoms. The summed E-state index contributed by atoms with van der Waals surface area (Å²) >= 11 is 0. The molecule has 4 aromatic rings. The maximum atomic E-state index is 5.40. The van der Waals surface area contributed by atoms with Crippen LogP contribution in [0.2, 0.25) is 0 Å². The van der Waals surface area contributed by atoms with Crippen LogP contribution < -0.4 is 5.32 Å². The number of hydrogen-bond donors (Lipinski definition) is 1. The van der Waals surface area contributed by atoms with Crippen molar-refractivity contribution in [1.29, 1.82) is 0 Å². The van der Waals surface area contributed by atoms with Crippen molar-refractivity contribution in [1.82, 2.24) is 0 Å². The summed E-state index contributed by atoms with van der Waals surface area (Å²) < 4.78 is 0. The van der Waals surface area contributed by atoms with Crippen LogP contribution in [0.25, 0.3) is 10.8 Å². The smallest absolute Gasteiger partial charge is 0.0953 e. The molecule has 0 saturated carbocycles. The molecule has 0 radical (unpaired) electrons. The van der Waals surface area contributed by atoms with Gasteiger partial charge in [-0.05, 0) is 90.3 Å². The van der Waals surface area contributed by atoms with Gasteiger partial charge in [0.1, 0.15) is 0 Å². The van der Waals surface area contributed by atoms with Crippen molar-refractivity contribution >= 4 is 27.9 Å². The summed E-state index contributed by atoms with van der Waals surface area (Å²) in [5, 5.41) is 6.48. The number of anilines is 1. The molecule has 0 bridgehead atoms. The summed E-state index contributed by atoms with van der Waals surface area (Å²) in [6.07, 6.45) is 5.67. The predicted octanol–water partition coefficient (Wildman–Crippen LogP) is 8.82. The Bertz CT molecular complexity index is 1490. The summed E-state index contributed by atoms with van der Waals surface area (Å²) in [4.78, 5) is 5.40. The Kier molecular flexibility index (Phi) is 6.36. The van der Waals surface area contributed by atoms with Crippen LogP contribution in [-0.4, -0.2) is 5.71 Å². The largest absolute Gasteiger partial charge is 0.372 e. The number of rotatable bonds is 7. The van der Waals surface area contributed by atoms with Gasteiger partial charge in [-0.25, -0.2) is 4.99 Å². The highest BCUT2D eigenvalue weighted by atomic mass is 15.0. The molecule has 0 aliphatic heterocycles. The first-order valence-corrected chi connectivity index (χ1v) is 12.7. The second-order valence-corrected chi connectivity index (χ2v) is 9.99. The van der Waals surface area contributed by atoms with E-state index in [2.05, 4.69) is 107 Å². The van der Waals surface area contributed by atoms with Crippen LogP contribution in [0, 0.1) is 27.7 Å². The number of nitrogens with zero attached hydrogens (tertiary/aromatic N) is 1. The van der Waals surface area contributed by atoms with Crippen molar-refractivity contribution in [2.45, 2.75) is 46.6 Å². The number of aryl methyl sites for hydroxylation is 4. The van der Waals surface area contributed by atoms with Gasteiger partial charge in [-0.1, -0.05) is 72.8 Å². The molecule has 36 heavy (non-hydrogen) atoms. The Balaban J connectivity index is 1.67. The van der Waals surface area contributed by atoms with Crippen LogP contribution in [-0.2, 0) is 12.8 Å². The molecule has 1 N–H and O–H groups in total. The van der Waals surface area contributed by atoms with Crippen LogP contribution in [0.3, 0.4) is 0 Å². The lowest BCUT2D eigenvalue weighted by atomic mass is 9.99. The van der Waals surface area contributed by atoms with Crippen LogP contribution in [0.15, 0.2) is 91.0 Å². The highest BCUT2D eigenvalue weighted by molar-refractivity contribution is 6.22. The van der Waals surface area contributed by atoms with E-state index in [1.165, 1.54) is 61.0 Å². The van der Waals surface area contributed by atoms with Gasteiger partial charge >= 0.3 is 0 Å². The van der Waals surface area contributed by atoms with E-state index in [0.717, 1.165) is 24.2 Å². The number of benzene rings is 4. The summed E-state index contributed by atoms with van der Waals surface area (Å²) in [7, 11) is 0. The summed E-state index contributed by atoms with van der Waals surface area (Å²) in [5.74, 6) is 0. The molecule has 2 nitrogen and oxygen atoms in total. The van der Waals surface area contributed by atoms with E-state index in [-0.39, 0.29) is 6.04 Å². The van der Waals surface area contributed by atoms with Gasteiger partial charge in [-0.15, -0.1) is 13.2 Å². The van der Waals surface area contributed by atoms with Gasteiger partial charge in [0.15, 0.2) is 0 Å². The fourth-order valence-electron chi connectivity index (χ4n) is 5.73. The standard InChI is InChI=1S/C34H34N2/c1-7-11-25-17-21(3)31(22(4)18-25)35-33-28-15-9-13-27-14-10-16-29(30(27)28)34(33)36-32-23(5)19-26(12-8-2)20-24(32)6/h7-10,13-20,33,35H,1-2,11-12H2,3-6H3. The third-order valence-electron chi connectivity index (χ3n) is 7.22. The van der Waals surface area contributed by atoms with E-state index in [1.807, 2.05) is 12.2 Å². The van der Waals surface area contributed by atoms with Gasteiger partial charge in [0.2, 0.25) is 0 Å². The van der Waals surface area contributed by atoms with Crippen molar-refractivity contribution in [3.8, 4) is 0 Å². The third-order valence-corrected chi connectivity index (χ3v) is 7.22. The number of nitrogens with one attached hydrogen (secondary N) is 1. The fraction of sp³-hybridized carbons (Fsp3) is 0.206. The Morgan fingerprint density at radius 3 is 1.92 bits per heavy atom. The van der Waals surface area contributed by atoms with E-state index in [4.69, 9.17) is 4.99 Å². The fourth-order valence-corrected chi connectivity index (χ4v) is 5.73. The molecule has 2 heteroatoms. The Morgan fingerprint density at radius 2 is 1.33 bits per heavy atom. The van der Waals surface area contributed by atoms with E-state index in [0.29, 0.717) is 0 Å². The SMILES string of the molecule is C=CCc1cc(C)c(N=C2c3cccc4cccc(c34)C2Nc2c(C)cc(CC=C)cc2C)c(C)c1. The van der Waals surface area contributed by atoms with Gasteiger partial charge in [0.05, 0.1) is 17.4 Å². The summed E-state index contributed by atoms with van der Waals surface area (Å²) in [5.41, 5.74) is 13.3. The van der Waals surface area contributed by atoms with Gasteiger partial charge < -0.3 is 5.32 Å². The maximum absolute atomic E-state index is 5.40. The zero-order valence-corrected chi connectivity index (χ0v) is 21.8. The highest BCUT2D eigenvalue weighted by Crippen LogP contribution is 2.42. The minimum absolute atomic E-state index is 0.0274. The van der Waals surface area contributed by atoms with E-state index >= 15 is 0 Å². The van der Waals surface area contributed by atoms with Crippen LogP contribution in [0.4, 0.5) is 11.4 Å². The highest BCUT2D eigenvalue weighted by Gasteiger charge is 2.31. The molecule has 0 amide bonds. The predicted molar refractivity (Wildman–Crippen MR) is 156 cm³/mol. The molecule has 0 aromatic heterocycles. The maximum Gasteiger partial charge on any atom is 0.0953 e. The lowest BCUT2D eigenvalue weighted by Gasteiger charge is -2.22. The van der Waals surface area contributed by atoms with Crippen molar-refractivity contribution in [2.24, 2.45) is 4.99 Å². The van der Waals surface area contributed by atoms with Gasteiger partial charge in [-0.3, -0.25) is 0 Å². The van der Waals surface area contributed by atoms with Crippen LogP contribution in [0.5, 0.6) is 0 Å². The average molecular weight is 471 g/mol. The molecule has 5 rings (SSSR count). The monoisotopic (exact) mass is 470 g/mol. The lowest BCUT2D eigenvalue weighted by Crippen LogP contribution is -2.19. The Labute approximate surface area is 215 Å². The van der Waals surface area contributed by atoms with E-state index in [1.54, 1.807) is 0 Å². The third kappa shape index (κ3) is 4.18. The number of allylic oxidation sites excluding steroid dienone is 2. The van der Waals surface area contributed by atoms with Gasteiger partial charge in [0.25, 0.3) is 0 Å². The van der Waals surface area contributed by atoms with Crippen LogP contribution >= 0.6 is 0 Å². The minimum atomic E-state index is -0.0274. The molecular formula is C34H34N2. The number of hydrogen-bond acceptors (Lipinski definition) is 2. The molecule has 1 aliphatic carbocycles. The summed E-state index contributed by atoms with van der Waals surface area (Å²) in [6, 6.07) is 22.2. The molecule has 1 unspecified atom stereocenters. The van der Waals surface area contributed by atoms with Gasteiger partial charge in [0, 0.05) is 11.3 Å². The summed E-state index contributed by atoms with van der Waals surface area (Å²) in [6.45, 7) is 16.5. The van der Waals surface area contributed by atoms with Crippen molar-refractivity contribution < 1.29 is 0 Å². The Morgan fingerprint density at radius 1 is 0.778 bits per heavy atom. The molecule has 4 aromatic carbocycles. The zero-order chi connectivity index (χ0) is 25.4. The minimum Gasteiger partial charge on any atom is -0.372 e. The molecule has 1 atom stereocenters. The average Bonchev–Trinajstić information content (AvgIpc) is 3.13. The Hall–Kier alpha value is -3.91. The first-order valence-electron chi connectivity index (χ1n) is 12.7. The van der Waals surface area contributed by atoms with Gasteiger partial charge in [-0.2, -0.15) is 0 Å².